The van der Waals surface area contributed by atoms with E-state index < -0.39 is 155 Å². The minimum absolute atomic E-state index is 0.679. The van der Waals surface area contributed by atoms with Gasteiger partial charge in [0.25, 0.3) is 0 Å². The summed E-state index contributed by atoms with van der Waals surface area (Å²) in [5, 5.41) is 145. The molecule has 0 unspecified atom stereocenters. The van der Waals surface area contributed by atoms with Crippen molar-refractivity contribution in [3.63, 3.8) is 0 Å². The van der Waals surface area contributed by atoms with Crippen molar-refractivity contribution in [3.05, 3.63) is 0 Å². The molecule has 0 aromatic rings. The molecule has 0 radical (unpaired) electrons. The maximum absolute atomic E-state index is 11.8. The van der Waals surface area contributed by atoms with Crippen LogP contribution in [0, 0.1) is 0 Å². The molecular formula is C26H47NO21. The van der Waals surface area contributed by atoms with E-state index in [1.807, 2.05) is 0 Å². The molecule has 3 rings (SSSR count). The van der Waals surface area contributed by atoms with E-state index in [4.69, 9.17) is 28.4 Å². The van der Waals surface area contributed by atoms with Gasteiger partial charge < -0.3 is 105 Å². The number of amides is 1. The molecule has 3 aliphatic heterocycles. The number of carbonyl (C=O) groups excluding carboxylic acids is 1. The number of hydrogen-bond donors (Lipinski definition) is 15. The topological polar surface area (TPSA) is 368 Å². The fraction of sp³-hybridized carbons (Fsp3) is 0.962. The molecule has 3 aliphatic rings. The minimum Gasteiger partial charge on any atom is -0.394 e. The molecule has 0 saturated carbocycles. The third-order valence-electron chi connectivity index (χ3n) is 8.23. The number of aliphatic hydroxyl groups excluding tert-OH is 14. The molecular weight excluding hydrogens is 662 g/mol. The molecule has 48 heavy (non-hydrogen) atoms. The van der Waals surface area contributed by atoms with Gasteiger partial charge in [0.05, 0.1) is 33.0 Å². The van der Waals surface area contributed by atoms with Crippen LogP contribution in [0.3, 0.4) is 0 Å². The van der Waals surface area contributed by atoms with Crippen LogP contribution in [-0.2, 0) is 33.2 Å². The average molecular weight is 710 g/mol. The van der Waals surface area contributed by atoms with Crippen LogP contribution in [0.25, 0.3) is 0 Å². The summed E-state index contributed by atoms with van der Waals surface area (Å²) < 4.78 is 33.1. The molecule has 19 atom stereocenters. The first-order chi connectivity index (χ1) is 22.6. The largest absolute Gasteiger partial charge is 0.394 e. The zero-order valence-corrected chi connectivity index (χ0v) is 25.6. The average Bonchev–Trinajstić information content (AvgIpc) is 3.07. The van der Waals surface area contributed by atoms with Crippen molar-refractivity contribution in [1.82, 2.24) is 5.32 Å². The van der Waals surface area contributed by atoms with E-state index in [1.54, 1.807) is 0 Å². The van der Waals surface area contributed by atoms with Crippen LogP contribution in [0.5, 0.6) is 0 Å². The molecule has 3 fully saturated rings. The Labute approximate surface area is 272 Å². The minimum atomic E-state index is -2.13. The van der Waals surface area contributed by atoms with Gasteiger partial charge in [0.2, 0.25) is 5.91 Å². The SMILES string of the molecule is CC(=O)N[C@H]1[C@H](OC[C@H]2O[C@@H](O[C@@H]([C@H](O)[C@@H](O)CO)[C@H](O)CO)[C@H](O)[C@@H](O[C@@H]3O[C@H](CO)[C@H](O)[C@H](O)[C@H]3O)[C@H]2O)O[C@H](CO)[C@@H](O)[C@@H]1O. The normalized spacial score (nSPS) is 43.3. The van der Waals surface area contributed by atoms with E-state index in [9.17, 15) is 76.3 Å². The predicted octanol–water partition coefficient (Wildman–Crippen LogP) is -9.97. The highest BCUT2D eigenvalue weighted by Crippen LogP contribution is 2.32. The van der Waals surface area contributed by atoms with Gasteiger partial charge in [-0.1, -0.05) is 0 Å². The lowest BCUT2D eigenvalue weighted by Gasteiger charge is -2.47. The second-order valence-electron chi connectivity index (χ2n) is 11.7. The zero-order valence-electron chi connectivity index (χ0n) is 25.6. The first-order valence-corrected chi connectivity index (χ1v) is 15.0. The molecule has 0 aromatic carbocycles. The van der Waals surface area contributed by atoms with Crippen molar-refractivity contribution in [2.75, 3.05) is 33.0 Å². The molecule has 282 valence electrons. The summed E-state index contributed by atoms with van der Waals surface area (Å²) in [6.07, 6.45) is -33.3. The Morgan fingerprint density at radius 3 is 1.75 bits per heavy atom. The summed E-state index contributed by atoms with van der Waals surface area (Å²) in [4.78, 5) is 11.8. The number of aliphatic hydroxyl groups is 14. The van der Waals surface area contributed by atoms with Gasteiger partial charge in [-0.2, -0.15) is 0 Å². The van der Waals surface area contributed by atoms with Gasteiger partial charge in [-0.05, 0) is 0 Å². The summed E-state index contributed by atoms with van der Waals surface area (Å²) in [7, 11) is 0. The monoisotopic (exact) mass is 709 g/mol. The molecule has 3 saturated heterocycles. The van der Waals surface area contributed by atoms with Crippen molar-refractivity contribution in [1.29, 1.82) is 0 Å². The van der Waals surface area contributed by atoms with Crippen LogP contribution in [0.2, 0.25) is 0 Å². The van der Waals surface area contributed by atoms with Gasteiger partial charge in [0.15, 0.2) is 18.9 Å². The molecule has 22 heteroatoms. The molecule has 0 aliphatic carbocycles. The van der Waals surface area contributed by atoms with E-state index in [1.165, 1.54) is 0 Å². The standard InChI is InChI=1S/C26H47NO21/c1-7(32)27-13-18(39)15(36)10(4-30)44-24(13)43-6-12-17(38)23(48-25-20(41)19(40)16(37)11(5-31)45-25)21(42)26(46-12)47-22(9(34)3-29)14(35)8(33)2-28/h8-26,28-31,33-42H,2-6H2,1H3,(H,27,32)/t8-,9+,10+,11+,12+,13+,14+,15+,16-,17-,18+,19-,20+,21+,22+,23-,24+,25-,26-/m0/s1. The lowest BCUT2D eigenvalue weighted by molar-refractivity contribution is -0.373. The summed E-state index contributed by atoms with van der Waals surface area (Å²) in [6.45, 7) is -3.43. The Kier molecular flexibility index (Phi) is 15.6. The Balaban J connectivity index is 1.92. The van der Waals surface area contributed by atoms with Gasteiger partial charge in [0.1, 0.15) is 97.6 Å². The Morgan fingerprint density at radius 2 is 1.21 bits per heavy atom. The van der Waals surface area contributed by atoms with Crippen LogP contribution in [-0.4, -0.2) is 227 Å². The van der Waals surface area contributed by atoms with Gasteiger partial charge in [-0.3, -0.25) is 4.79 Å². The summed E-state index contributed by atoms with van der Waals surface area (Å²) in [5.41, 5.74) is 0. The first-order valence-electron chi connectivity index (χ1n) is 15.0. The molecule has 22 nitrogen and oxygen atoms in total. The van der Waals surface area contributed by atoms with Crippen LogP contribution in [0.4, 0.5) is 0 Å². The highest BCUT2D eigenvalue weighted by Gasteiger charge is 2.53. The molecule has 1 amide bonds. The predicted molar refractivity (Wildman–Crippen MR) is 148 cm³/mol. The smallest absolute Gasteiger partial charge is 0.217 e. The maximum Gasteiger partial charge on any atom is 0.217 e. The van der Waals surface area contributed by atoms with E-state index in [0.717, 1.165) is 6.92 Å². The Morgan fingerprint density at radius 1 is 0.667 bits per heavy atom. The molecule has 0 spiro atoms. The van der Waals surface area contributed by atoms with Gasteiger partial charge in [-0.15, -0.1) is 0 Å². The van der Waals surface area contributed by atoms with Crippen LogP contribution < -0.4 is 5.32 Å². The van der Waals surface area contributed by atoms with Crippen LogP contribution in [0.1, 0.15) is 6.92 Å². The number of nitrogens with one attached hydrogen (secondary N) is 1. The lowest BCUT2D eigenvalue weighted by Crippen LogP contribution is -2.67. The van der Waals surface area contributed by atoms with Crippen LogP contribution >= 0.6 is 0 Å². The van der Waals surface area contributed by atoms with E-state index in [2.05, 4.69) is 5.32 Å². The lowest BCUT2D eigenvalue weighted by atomic mass is 9.96. The fourth-order valence-electron chi connectivity index (χ4n) is 5.43. The molecule has 3 heterocycles. The van der Waals surface area contributed by atoms with Crippen molar-refractivity contribution in [2.45, 2.75) is 123 Å². The molecule has 15 N–H and O–H groups in total. The number of rotatable bonds is 15. The molecule has 0 bridgehead atoms. The number of ether oxygens (including phenoxy) is 6. The van der Waals surface area contributed by atoms with Gasteiger partial charge in [-0.25, -0.2) is 0 Å². The first kappa shape index (κ1) is 41.1. The molecule has 0 aromatic heterocycles. The summed E-state index contributed by atoms with van der Waals surface area (Å²) >= 11 is 0. The highest BCUT2D eigenvalue weighted by atomic mass is 16.8. The van der Waals surface area contributed by atoms with Crippen LogP contribution in [0.15, 0.2) is 0 Å². The van der Waals surface area contributed by atoms with Gasteiger partial charge in [0, 0.05) is 6.92 Å². The second kappa shape index (κ2) is 18.2. The van der Waals surface area contributed by atoms with Crippen molar-refractivity contribution in [2.24, 2.45) is 0 Å². The Hall–Kier alpha value is -1.33. The zero-order chi connectivity index (χ0) is 36.0. The van der Waals surface area contributed by atoms with E-state index in [-0.39, 0.29) is 0 Å². The maximum atomic E-state index is 11.8. The summed E-state index contributed by atoms with van der Waals surface area (Å²) in [6, 6.07) is -1.43. The van der Waals surface area contributed by atoms with E-state index >= 15 is 0 Å². The summed E-state index contributed by atoms with van der Waals surface area (Å²) in [5.74, 6) is -0.679. The number of hydrogen-bond acceptors (Lipinski definition) is 21. The fourth-order valence-corrected chi connectivity index (χ4v) is 5.43. The third-order valence-corrected chi connectivity index (χ3v) is 8.23. The van der Waals surface area contributed by atoms with Crippen molar-refractivity contribution < 1.29 is 105 Å². The number of carbonyl (C=O) groups is 1. The van der Waals surface area contributed by atoms with Crippen molar-refractivity contribution in [3.8, 4) is 0 Å². The quantitative estimate of drug-likeness (QED) is 0.0750. The van der Waals surface area contributed by atoms with Gasteiger partial charge >= 0.3 is 0 Å². The van der Waals surface area contributed by atoms with E-state index in [0.29, 0.717) is 0 Å². The highest BCUT2D eigenvalue weighted by molar-refractivity contribution is 5.73. The Bertz CT molecular complexity index is 982. The second-order valence-corrected chi connectivity index (χ2v) is 11.7. The van der Waals surface area contributed by atoms with Crippen molar-refractivity contribution >= 4 is 5.91 Å². The third kappa shape index (κ3) is 9.31.